The second kappa shape index (κ2) is 4.73. The maximum Gasteiger partial charge on any atom is 0.255 e. The maximum atomic E-state index is 12.3. The minimum atomic E-state index is -0.220. The first-order valence-corrected chi connectivity index (χ1v) is 6.73. The standard InChI is InChI=1S/C15H12N4O3/c1-9-17-18-14-6-10(4-5-19(9)14)15(20)16-11-2-3-12-13(7-11)22-8-21-12/h2-7H,8H2,1H3,(H,16,20). The van der Waals surface area contributed by atoms with Gasteiger partial charge in [-0.2, -0.15) is 0 Å². The van der Waals surface area contributed by atoms with Crippen molar-refractivity contribution in [2.75, 3.05) is 12.1 Å². The van der Waals surface area contributed by atoms with Gasteiger partial charge in [-0.15, -0.1) is 10.2 Å². The van der Waals surface area contributed by atoms with E-state index in [2.05, 4.69) is 15.5 Å². The number of carbonyl (C=O) groups is 1. The van der Waals surface area contributed by atoms with Gasteiger partial charge in [0, 0.05) is 23.5 Å². The molecular formula is C15H12N4O3. The van der Waals surface area contributed by atoms with Gasteiger partial charge in [0.2, 0.25) is 6.79 Å². The molecule has 7 heteroatoms. The molecular weight excluding hydrogens is 284 g/mol. The third-order valence-corrected chi connectivity index (χ3v) is 3.47. The van der Waals surface area contributed by atoms with E-state index in [1.54, 1.807) is 36.5 Å². The van der Waals surface area contributed by atoms with Crippen LogP contribution in [0.15, 0.2) is 36.5 Å². The molecule has 0 spiro atoms. The fourth-order valence-corrected chi connectivity index (χ4v) is 2.33. The first kappa shape index (κ1) is 12.6. The van der Waals surface area contributed by atoms with Crippen LogP contribution in [-0.4, -0.2) is 27.3 Å². The number of benzene rings is 1. The van der Waals surface area contributed by atoms with Crippen LogP contribution in [0.1, 0.15) is 16.2 Å². The Morgan fingerprint density at radius 3 is 2.95 bits per heavy atom. The average Bonchev–Trinajstić information content (AvgIpc) is 3.13. The number of nitrogens with one attached hydrogen (secondary N) is 1. The van der Waals surface area contributed by atoms with Crippen LogP contribution in [0.25, 0.3) is 5.65 Å². The number of carbonyl (C=O) groups excluding carboxylic acids is 1. The molecule has 110 valence electrons. The van der Waals surface area contributed by atoms with E-state index >= 15 is 0 Å². The summed E-state index contributed by atoms with van der Waals surface area (Å²) in [5.41, 5.74) is 1.79. The zero-order chi connectivity index (χ0) is 15.1. The molecule has 3 heterocycles. The largest absolute Gasteiger partial charge is 0.454 e. The Morgan fingerprint density at radius 2 is 2.05 bits per heavy atom. The summed E-state index contributed by atoms with van der Waals surface area (Å²) in [6.07, 6.45) is 1.78. The van der Waals surface area contributed by atoms with Crippen molar-refractivity contribution in [1.82, 2.24) is 14.6 Å². The summed E-state index contributed by atoms with van der Waals surface area (Å²) < 4.78 is 12.3. The van der Waals surface area contributed by atoms with Crippen molar-refractivity contribution in [3.63, 3.8) is 0 Å². The molecule has 1 aliphatic heterocycles. The van der Waals surface area contributed by atoms with Crippen LogP contribution >= 0.6 is 0 Å². The van der Waals surface area contributed by atoms with Gasteiger partial charge in [0.15, 0.2) is 17.1 Å². The molecule has 4 rings (SSSR count). The first-order chi connectivity index (χ1) is 10.7. The Bertz CT molecular complexity index is 888. The van der Waals surface area contributed by atoms with Crippen molar-refractivity contribution in [3.8, 4) is 11.5 Å². The molecule has 22 heavy (non-hydrogen) atoms. The van der Waals surface area contributed by atoms with Crippen molar-refractivity contribution < 1.29 is 14.3 Å². The molecule has 0 atom stereocenters. The zero-order valence-corrected chi connectivity index (χ0v) is 11.7. The number of aromatic nitrogens is 3. The molecule has 0 bridgehead atoms. The zero-order valence-electron chi connectivity index (χ0n) is 11.7. The number of amides is 1. The normalized spacial score (nSPS) is 12.6. The number of hydrogen-bond acceptors (Lipinski definition) is 5. The van der Waals surface area contributed by atoms with E-state index in [0.29, 0.717) is 28.4 Å². The lowest BCUT2D eigenvalue weighted by atomic mass is 10.2. The summed E-state index contributed by atoms with van der Waals surface area (Å²) in [6.45, 7) is 2.06. The Kier molecular flexibility index (Phi) is 2.72. The molecule has 0 aliphatic carbocycles. The Balaban J connectivity index is 1.60. The third-order valence-electron chi connectivity index (χ3n) is 3.47. The molecule has 0 fully saturated rings. The SMILES string of the molecule is Cc1nnc2cc(C(=O)Nc3ccc4c(c3)OCO4)ccn12. The smallest absolute Gasteiger partial charge is 0.255 e. The molecule has 7 nitrogen and oxygen atoms in total. The number of hydrogen-bond donors (Lipinski definition) is 1. The van der Waals surface area contributed by atoms with E-state index in [1.165, 1.54) is 0 Å². The van der Waals surface area contributed by atoms with Crippen LogP contribution in [0.5, 0.6) is 11.5 Å². The highest BCUT2D eigenvalue weighted by Gasteiger charge is 2.15. The highest BCUT2D eigenvalue weighted by molar-refractivity contribution is 6.04. The monoisotopic (exact) mass is 296 g/mol. The maximum absolute atomic E-state index is 12.3. The fourth-order valence-electron chi connectivity index (χ4n) is 2.33. The van der Waals surface area contributed by atoms with E-state index in [9.17, 15) is 4.79 Å². The van der Waals surface area contributed by atoms with Crippen LogP contribution in [0, 0.1) is 6.92 Å². The number of nitrogens with zero attached hydrogens (tertiary/aromatic N) is 3. The van der Waals surface area contributed by atoms with Crippen LogP contribution in [-0.2, 0) is 0 Å². The fraction of sp³-hybridized carbons (Fsp3) is 0.133. The summed E-state index contributed by atoms with van der Waals surface area (Å²) in [5, 5.41) is 10.8. The molecule has 2 aromatic heterocycles. The number of ether oxygens (including phenoxy) is 2. The van der Waals surface area contributed by atoms with Crippen molar-refractivity contribution >= 4 is 17.2 Å². The van der Waals surface area contributed by atoms with Gasteiger partial charge in [-0.25, -0.2) is 0 Å². The summed E-state index contributed by atoms with van der Waals surface area (Å²) in [6, 6.07) is 8.70. The summed E-state index contributed by atoms with van der Waals surface area (Å²) in [7, 11) is 0. The van der Waals surface area contributed by atoms with Gasteiger partial charge in [0.1, 0.15) is 5.82 Å². The molecule has 3 aromatic rings. The van der Waals surface area contributed by atoms with Crippen LogP contribution in [0.4, 0.5) is 5.69 Å². The van der Waals surface area contributed by atoms with E-state index in [-0.39, 0.29) is 12.7 Å². The number of aryl methyl sites for hydroxylation is 1. The minimum absolute atomic E-state index is 0.204. The van der Waals surface area contributed by atoms with Crippen molar-refractivity contribution in [2.45, 2.75) is 6.92 Å². The van der Waals surface area contributed by atoms with Gasteiger partial charge in [0.25, 0.3) is 5.91 Å². The summed E-state index contributed by atoms with van der Waals surface area (Å²) >= 11 is 0. The molecule has 0 saturated carbocycles. The highest BCUT2D eigenvalue weighted by atomic mass is 16.7. The number of anilines is 1. The topological polar surface area (TPSA) is 77.8 Å². The molecule has 1 amide bonds. The van der Waals surface area contributed by atoms with Crippen LogP contribution in [0.2, 0.25) is 0 Å². The first-order valence-electron chi connectivity index (χ1n) is 6.73. The van der Waals surface area contributed by atoms with Crippen molar-refractivity contribution in [1.29, 1.82) is 0 Å². The number of rotatable bonds is 2. The predicted octanol–water partition coefficient (Wildman–Crippen LogP) is 2.02. The van der Waals surface area contributed by atoms with Gasteiger partial charge in [-0.05, 0) is 31.2 Å². The van der Waals surface area contributed by atoms with Crippen LogP contribution in [0.3, 0.4) is 0 Å². The van der Waals surface area contributed by atoms with Crippen LogP contribution < -0.4 is 14.8 Å². The molecule has 1 aromatic carbocycles. The van der Waals surface area contributed by atoms with Gasteiger partial charge >= 0.3 is 0 Å². The van der Waals surface area contributed by atoms with E-state index in [4.69, 9.17) is 9.47 Å². The average molecular weight is 296 g/mol. The number of fused-ring (bicyclic) bond motifs is 2. The second-order valence-corrected chi connectivity index (χ2v) is 4.91. The molecule has 0 saturated heterocycles. The van der Waals surface area contributed by atoms with E-state index < -0.39 is 0 Å². The minimum Gasteiger partial charge on any atom is -0.454 e. The molecule has 1 N–H and O–H groups in total. The summed E-state index contributed by atoms with van der Waals surface area (Å²) in [5.74, 6) is 1.86. The number of pyridine rings is 1. The van der Waals surface area contributed by atoms with Crippen molar-refractivity contribution in [2.24, 2.45) is 0 Å². The van der Waals surface area contributed by atoms with E-state index in [1.807, 2.05) is 11.3 Å². The van der Waals surface area contributed by atoms with Gasteiger partial charge in [0.05, 0.1) is 0 Å². The highest BCUT2D eigenvalue weighted by Crippen LogP contribution is 2.34. The van der Waals surface area contributed by atoms with E-state index in [0.717, 1.165) is 5.82 Å². The Hall–Kier alpha value is -3.09. The Labute approximate surface area is 125 Å². The van der Waals surface area contributed by atoms with Gasteiger partial charge in [-0.1, -0.05) is 0 Å². The predicted molar refractivity (Wildman–Crippen MR) is 78.2 cm³/mol. The summed E-state index contributed by atoms with van der Waals surface area (Å²) in [4.78, 5) is 12.3. The Morgan fingerprint density at radius 1 is 1.18 bits per heavy atom. The third kappa shape index (κ3) is 2.03. The second-order valence-electron chi connectivity index (χ2n) is 4.91. The quantitative estimate of drug-likeness (QED) is 0.782. The lowest BCUT2D eigenvalue weighted by molar-refractivity contribution is 0.102. The molecule has 1 aliphatic rings. The van der Waals surface area contributed by atoms with Crippen molar-refractivity contribution in [3.05, 3.63) is 47.9 Å². The van der Waals surface area contributed by atoms with Gasteiger partial charge < -0.3 is 14.8 Å². The van der Waals surface area contributed by atoms with Gasteiger partial charge in [-0.3, -0.25) is 9.20 Å². The lowest BCUT2D eigenvalue weighted by Crippen LogP contribution is -2.12. The lowest BCUT2D eigenvalue weighted by Gasteiger charge is -2.06. The molecule has 0 unspecified atom stereocenters. The molecule has 0 radical (unpaired) electrons.